The van der Waals surface area contributed by atoms with Gasteiger partial charge in [-0.25, -0.2) is 28.3 Å². The van der Waals surface area contributed by atoms with E-state index in [1.165, 1.54) is 57.6 Å². The van der Waals surface area contributed by atoms with Crippen molar-refractivity contribution in [3.63, 3.8) is 0 Å². The standard InChI is InChI=1S/C20H20FN7O3.C13H13BFNO3.C7H7BrN6.C6H14O2/c1-12(29)3-6-15-11-28(20(30)31-15)14-5-7-16(17(21)9-14)13-4-8-18(22-10-13)23-19-24-26-27(2)25-19;1-8(17)2-4-10-7-16(13(18)19-10)9-3-5-11(14)12(15)6-9;1-14-12-7(11-13-14)10-6-3-2-5(8)4-9-6;1-5(2,7)6(3,4)8/h4-5,7-10,15H,3,6,11H2,1-2H3,(H,22,23,25);3,5-6,10H,2,4,7H2,1H3;2-4H,1H3,(H,9,10,12);7-8H,1-4H3/t15-;10-;;/m00../s1. The molecule has 22 nitrogen and oxygen atoms in total. The smallest absolute Gasteiger partial charge is 0.414 e. The average Bonchev–Trinajstić information content (AvgIpc) is 4.11. The number of carbonyl (C=O) groups is 4. The first-order valence-corrected chi connectivity index (χ1v) is 23.0. The van der Waals surface area contributed by atoms with Gasteiger partial charge in [0.25, 0.3) is 11.9 Å². The van der Waals surface area contributed by atoms with Crippen LogP contribution in [0.4, 0.5) is 53.3 Å². The summed E-state index contributed by atoms with van der Waals surface area (Å²) in [6, 6.07) is 15.8. The van der Waals surface area contributed by atoms with Gasteiger partial charge in [-0.1, -0.05) is 21.7 Å². The Labute approximate surface area is 423 Å². The topological polar surface area (TPSA) is 271 Å². The predicted molar refractivity (Wildman–Crippen MR) is 265 cm³/mol. The highest BCUT2D eigenvalue weighted by molar-refractivity contribution is 9.10. The van der Waals surface area contributed by atoms with Crippen molar-refractivity contribution in [3.05, 3.63) is 89.2 Å². The van der Waals surface area contributed by atoms with E-state index in [0.717, 1.165) is 4.47 Å². The summed E-state index contributed by atoms with van der Waals surface area (Å²) in [6.07, 6.45) is 3.06. The number of anilines is 6. The largest absolute Gasteiger partial charge is 0.444 e. The number of ether oxygens (including phenoxy) is 2. The first kappa shape index (κ1) is 55.6. The zero-order valence-electron chi connectivity index (χ0n) is 40.7. The molecule has 6 heterocycles. The third kappa shape index (κ3) is 16.7. The number of tetrazole rings is 2. The SMILES string of the molecule is CC(=O)CC[C@H]1CN(c2ccc(-c3ccc(Nc4nnn(C)n4)nc3)c(F)c2)C(=O)O1.CC(C)(O)C(C)(C)O.Cn1nnc(Nc2ccc(Br)cn2)n1.[B]c1ccc(N2C[C@H](CCC(C)=O)OC2=O)cc1F. The second-order valence-corrected chi connectivity index (χ2v) is 18.4. The Balaban J connectivity index is 0.000000199. The molecule has 0 spiro atoms. The fraction of sp³-hybridized carbons (Fsp3) is 0.391. The fourth-order valence-corrected chi connectivity index (χ4v) is 6.29. The van der Waals surface area contributed by atoms with Crippen LogP contribution in [0.25, 0.3) is 11.1 Å². The minimum Gasteiger partial charge on any atom is -0.444 e. The van der Waals surface area contributed by atoms with Crippen LogP contribution in [0.15, 0.2) is 77.5 Å². The summed E-state index contributed by atoms with van der Waals surface area (Å²) in [5.74, 6) is 0.930. The highest BCUT2D eigenvalue weighted by Gasteiger charge is 2.34. The van der Waals surface area contributed by atoms with Gasteiger partial charge in [-0.05, 0) is 135 Å². The minimum atomic E-state index is -1.01. The maximum absolute atomic E-state index is 14.8. The molecule has 2 saturated heterocycles. The lowest BCUT2D eigenvalue weighted by Gasteiger charge is -2.31. The van der Waals surface area contributed by atoms with Gasteiger partial charge in [-0.15, -0.1) is 10.2 Å². The monoisotopic (exact) mass is 1060 g/mol. The average molecular weight is 1060 g/mol. The zero-order chi connectivity index (χ0) is 52.9. The molecule has 26 heteroatoms. The molecule has 2 aromatic carbocycles. The molecule has 4 aromatic heterocycles. The van der Waals surface area contributed by atoms with Gasteiger partial charge in [0.05, 0.1) is 49.8 Å². The zero-order valence-corrected chi connectivity index (χ0v) is 42.3. The first-order valence-electron chi connectivity index (χ1n) is 22.2. The molecule has 2 radical (unpaired) electrons. The Morgan fingerprint density at radius 2 is 1.18 bits per heavy atom. The molecule has 2 aliphatic heterocycles. The Morgan fingerprint density at radius 3 is 1.56 bits per heavy atom. The van der Waals surface area contributed by atoms with Gasteiger partial charge in [-0.3, -0.25) is 9.80 Å². The molecule has 2 amide bonds. The van der Waals surface area contributed by atoms with Crippen LogP contribution in [-0.4, -0.2) is 129 Å². The predicted octanol–water partition coefficient (Wildman–Crippen LogP) is 5.80. The molecular weight excluding hydrogens is 1010 g/mol. The van der Waals surface area contributed by atoms with Gasteiger partial charge >= 0.3 is 12.2 Å². The number of aliphatic hydroxyl groups is 2. The van der Waals surface area contributed by atoms with Gasteiger partial charge in [-0.2, -0.15) is 9.59 Å². The van der Waals surface area contributed by atoms with E-state index in [4.69, 9.17) is 27.5 Å². The summed E-state index contributed by atoms with van der Waals surface area (Å²) >= 11 is 3.30. The third-order valence-electron chi connectivity index (χ3n) is 10.7. The molecule has 72 heavy (non-hydrogen) atoms. The summed E-state index contributed by atoms with van der Waals surface area (Å²) in [7, 11) is 8.73. The van der Waals surface area contributed by atoms with Crippen molar-refractivity contribution in [2.45, 2.75) is 90.6 Å². The number of benzene rings is 2. The van der Waals surface area contributed by atoms with E-state index in [1.54, 1.807) is 78.3 Å². The Bertz CT molecular complexity index is 2800. The number of hydrogen-bond donors (Lipinski definition) is 4. The van der Waals surface area contributed by atoms with E-state index < -0.39 is 35.0 Å². The molecule has 8 rings (SSSR count). The molecule has 4 N–H and O–H groups in total. The van der Waals surface area contributed by atoms with Gasteiger partial charge in [0.1, 0.15) is 54.9 Å². The van der Waals surface area contributed by atoms with Crippen molar-refractivity contribution in [3.8, 4) is 11.1 Å². The number of pyridine rings is 2. The second kappa shape index (κ2) is 24.7. The minimum absolute atomic E-state index is 0.0319. The van der Waals surface area contributed by atoms with E-state index >= 15 is 0 Å². The lowest BCUT2D eigenvalue weighted by atomic mass is 9.90. The van der Waals surface area contributed by atoms with Gasteiger partial charge in [0.15, 0.2) is 0 Å². The summed E-state index contributed by atoms with van der Waals surface area (Å²) < 4.78 is 39.5. The van der Waals surface area contributed by atoms with Crippen molar-refractivity contribution in [1.82, 2.24) is 50.4 Å². The number of carbonyl (C=O) groups excluding carboxylic acids is 4. The van der Waals surface area contributed by atoms with Crippen LogP contribution in [0.5, 0.6) is 0 Å². The van der Waals surface area contributed by atoms with Gasteiger partial charge < -0.3 is 39.9 Å². The molecule has 2 atom stereocenters. The molecule has 0 unspecified atom stereocenters. The summed E-state index contributed by atoms with van der Waals surface area (Å²) in [5.41, 5.74) is -0.255. The number of rotatable bonds is 14. The van der Waals surface area contributed by atoms with Gasteiger partial charge in [0, 0.05) is 40.8 Å². The fourth-order valence-electron chi connectivity index (χ4n) is 6.06. The molecule has 0 aliphatic carbocycles. The number of nitrogens with zero attached hydrogens (tertiary/aromatic N) is 12. The number of amides is 2. The van der Waals surface area contributed by atoms with E-state index in [0.29, 0.717) is 78.3 Å². The van der Waals surface area contributed by atoms with Crippen LogP contribution in [0, 0.1) is 11.6 Å². The Kier molecular flexibility index (Phi) is 19.1. The quantitative estimate of drug-likeness (QED) is 0.0938. The number of aromatic nitrogens is 10. The number of aryl methyl sites for hydroxylation is 2. The van der Waals surface area contributed by atoms with Crippen LogP contribution in [-0.2, 0) is 33.2 Å². The summed E-state index contributed by atoms with van der Waals surface area (Å²) in [4.78, 5) is 59.6. The Morgan fingerprint density at radius 1 is 0.722 bits per heavy atom. The molecule has 2 fully saturated rings. The summed E-state index contributed by atoms with van der Waals surface area (Å²) in [6.45, 7) is 9.88. The molecule has 2 aliphatic rings. The number of ketones is 2. The molecular formula is C46H54BBrF2N14O8. The van der Waals surface area contributed by atoms with Crippen LogP contribution >= 0.6 is 15.9 Å². The molecule has 0 bridgehead atoms. The van der Waals surface area contributed by atoms with Crippen LogP contribution in [0.2, 0.25) is 0 Å². The molecule has 6 aromatic rings. The number of Topliss-reactive ketones (excluding diaryl/α,β-unsaturated/α-hetero) is 2. The van der Waals surface area contributed by atoms with Crippen LogP contribution in [0.3, 0.4) is 0 Å². The number of cyclic esters (lactones) is 2. The van der Waals surface area contributed by atoms with Crippen molar-refractivity contribution in [2.24, 2.45) is 14.1 Å². The second-order valence-electron chi connectivity index (χ2n) is 17.5. The third-order valence-corrected chi connectivity index (χ3v) is 11.2. The van der Waals surface area contributed by atoms with Crippen LogP contribution in [0.1, 0.15) is 67.2 Å². The lowest BCUT2D eigenvalue weighted by molar-refractivity contribution is -0.118. The maximum Gasteiger partial charge on any atom is 0.414 e. The van der Waals surface area contributed by atoms with Crippen molar-refractivity contribution >= 4 is 87.9 Å². The van der Waals surface area contributed by atoms with E-state index in [-0.39, 0.29) is 35.8 Å². The number of nitrogens with one attached hydrogen (secondary N) is 2. The highest BCUT2D eigenvalue weighted by atomic mass is 79.9. The number of hydrogen-bond acceptors (Lipinski definition) is 18. The normalized spacial score (nSPS) is 15.2. The highest BCUT2D eigenvalue weighted by Crippen LogP contribution is 2.30. The van der Waals surface area contributed by atoms with Gasteiger partial charge in [0.2, 0.25) is 0 Å². The Hall–Kier alpha value is -7.32. The summed E-state index contributed by atoms with van der Waals surface area (Å²) in [5, 5.41) is 47.0. The van der Waals surface area contributed by atoms with Crippen molar-refractivity contribution in [2.75, 3.05) is 33.5 Å². The van der Waals surface area contributed by atoms with E-state index in [1.807, 2.05) is 12.1 Å². The maximum atomic E-state index is 14.8. The number of halogens is 3. The van der Waals surface area contributed by atoms with Crippen molar-refractivity contribution in [1.29, 1.82) is 0 Å². The molecule has 0 saturated carbocycles. The van der Waals surface area contributed by atoms with E-state index in [9.17, 15) is 28.0 Å². The first-order chi connectivity index (χ1) is 33.8. The van der Waals surface area contributed by atoms with E-state index in [2.05, 4.69) is 67.4 Å². The van der Waals surface area contributed by atoms with Crippen molar-refractivity contribution < 1.29 is 47.6 Å². The van der Waals surface area contributed by atoms with Crippen LogP contribution < -0.4 is 25.9 Å². The molecule has 380 valence electrons. The lowest BCUT2D eigenvalue weighted by Crippen LogP contribution is -2.44.